The molecule has 2 amide bonds. The Hall–Kier alpha value is -1.88. The lowest BCUT2D eigenvalue weighted by Crippen LogP contribution is -2.51. The molecule has 20 heavy (non-hydrogen) atoms. The Morgan fingerprint density at radius 3 is 2.15 bits per heavy atom. The van der Waals surface area contributed by atoms with E-state index in [-0.39, 0.29) is 30.3 Å². The third kappa shape index (κ3) is 2.18. The minimum atomic E-state index is -0.247. The van der Waals surface area contributed by atoms with Gasteiger partial charge >= 0.3 is 0 Å². The van der Waals surface area contributed by atoms with Crippen LogP contribution in [-0.4, -0.2) is 31.4 Å². The van der Waals surface area contributed by atoms with Gasteiger partial charge in [-0.1, -0.05) is 18.6 Å². The van der Waals surface area contributed by atoms with Crippen LogP contribution in [0.5, 0.6) is 0 Å². The highest BCUT2D eigenvalue weighted by Crippen LogP contribution is 2.43. The topological polar surface area (TPSA) is 75.4 Å². The Labute approximate surface area is 118 Å². The number of benzene rings is 1. The largest absolute Gasteiger partial charge is 0.353 e. The Bertz CT molecular complexity index is 513. The van der Waals surface area contributed by atoms with Crippen LogP contribution in [-0.2, 0) is 15.0 Å². The highest BCUT2D eigenvalue weighted by Gasteiger charge is 2.37. The second-order valence-corrected chi connectivity index (χ2v) is 5.71. The van der Waals surface area contributed by atoms with Gasteiger partial charge in [-0.25, -0.2) is 0 Å². The number of carbonyl (C=O) groups is 2. The van der Waals surface area contributed by atoms with E-state index in [1.165, 1.54) is 12.0 Å². The fourth-order valence-electron chi connectivity index (χ4n) is 3.06. The first-order valence-electron chi connectivity index (χ1n) is 7.01. The van der Waals surface area contributed by atoms with Crippen molar-refractivity contribution in [3.05, 3.63) is 29.8 Å². The summed E-state index contributed by atoms with van der Waals surface area (Å²) in [7, 11) is 0. The molecule has 1 aromatic rings. The number of carbonyl (C=O) groups excluding carboxylic acids is 2. The lowest BCUT2D eigenvalue weighted by molar-refractivity contribution is -0.130. The minimum absolute atomic E-state index is 0.146. The maximum Gasteiger partial charge on any atom is 0.246 e. The molecule has 1 saturated heterocycles. The van der Waals surface area contributed by atoms with Crippen LogP contribution in [0, 0.1) is 0 Å². The van der Waals surface area contributed by atoms with Crippen molar-refractivity contribution in [2.75, 3.05) is 24.5 Å². The van der Waals surface area contributed by atoms with Gasteiger partial charge in [0.2, 0.25) is 11.8 Å². The second kappa shape index (κ2) is 4.90. The van der Waals surface area contributed by atoms with Crippen molar-refractivity contribution in [1.29, 1.82) is 0 Å². The number of nitrogens with two attached hydrogens (primary N) is 1. The van der Waals surface area contributed by atoms with Gasteiger partial charge < -0.3 is 10.6 Å². The molecule has 1 aromatic carbocycles. The summed E-state index contributed by atoms with van der Waals surface area (Å²) in [4.78, 5) is 24.6. The van der Waals surface area contributed by atoms with Crippen molar-refractivity contribution in [1.82, 2.24) is 5.32 Å². The molecule has 106 valence electrons. The minimum Gasteiger partial charge on any atom is -0.353 e. The van der Waals surface area contributed by atoms with E-state index >= 15 is 0 Å². The van der Waals surface area contributed by atoms with Crippen LogP contribution in [0.4, 0.5) is 5.69 Å². The first-order chi connectivity index (χ1) is 9.63. The maximum absolute atomic E-state index is 11.4. The molecule has 5 heteroatoms. The predicted molar refractivity (Wildman–Crippen MR) is 76.4 cm³/mol. The molecule has 0 aromatic heterocycles. The van der Waals surface area contributed by atoms with Gasteiger partial charge in [0.1, 0.15) is 0 Å². The lowest BCUT2D eigenvalue weighted by Gasteiger charge is -2.41. The van der Waals surface area contributed by atoms with Crippen molar-refractivity contribution in [2.24, 2.45) is 5.73 Å². The molecule has 0 unspecified atom stereocenters. The molecule has 2 aliphatic rings. The first kappa shape index (κ1) is 13.1. The fraction of sp³-hybridized carbons (Fsp3) is 0.467. The number of hydrogen-bond acceptors (Lipinski definition) is 4. The van der Waals surface area contributed by atoms with Crippen LogP contribution in [0.1, 0.15) is 24.8 Å². The highest BCUT2D eigenvalue weighted by molar-refractivity contribution is 6.02. The van der Waals surface area contributed by atoms with E-state index in [1.54, 1.807) is 4.90 Å². The number of rotatable bonds is 3. The van der Waals surface area contributed by atoms with Crippen molar-refractivity contribution in [2.45, 2.75) is 24.7 Å². The van der Waals surface area contributed by atoms with Crippen molar-refractivity contribution >= 4 is 17.5 Å². The highest BCUT2D eigenvalue weighted by atomic mass is 16.2. The predicted octanol–water partition coefficient (Wildman–Crippen LogP) is 0.530. The number of anilines is 1. The molecule has 0 bridgehead atoms. The molecule has 3 N–H and O–H groups in total. The van der Waals surface area contributed by atoms with Crippen molar-refractivity contribution < 1.29 is 9.59 Å². The standard InChI is InChI=1S/C15H19N3O2/c16-10-15(6-1-7-15)11-2-4-12(5-3-11)18-8-13(19)17-14(20)9-18/h2-5H,1,6-10,16H2,(H,17,19,20). The van der Waals surface area contributed by atoms with Gasteiger partial charge in [0.25, 0.3) is 0 Å². The number of amides is 2. The summed E-state index contributed by atoms with van der Waals surface area (Å²) in [6, 6.07) is 8.13. The average molecular weight is 273 g/mol. The smallest absolute Gasteiger partial charge is 0.246 e. The van der Waals surface area contributed by atoms with Gasteiger partial charge in [0.05, 0.1) is 13.1 Å². The second-order valence-electron chi connectivity index (χ2n) is 5.71. The summed E-state index contributed by atoms with van der Waals surface area (Å²) >= 11 is 0. The molecule has 1 saturated carbocycles. The molecule has 0 radical (unpaired) electrons. The monoisotopic (exact) mass is 273 g/mol. The zero-order valence-corrected chi connectivity index (χ0v) is 11.4. The number of nitrogens with zero attached hydrogens (tertiary/aromatic N) is 1. The summed E-state index contributed by atoms with van der Waals surface area (Å²) < 4.78 is 0. The molecule has 2 fully saturated rings. The molecular formula is C15H19N3O2. The van der Waals surface area contributed by atoms with E-state index in [9.17, 15) is 9.59 Å². The van der Waals surface area contributed by atoms with E-state index in [0.29, 0.717) is 6.54 Å². The van der Waals surface area contributed by atoms with E-state index in [4.69, 9.17) is 5.73 Å². The number of hydrogen-bond donors (Lipinski definition) is 2. The third-order valence-electron chi connectivity index (χ3n) is 4.49. The zero-order chi connectivity index (χ0) is 14.2. The zero-order valence-electron chi connectivity index (χ0n) is 11.4. The van der Waals surface area contributed by atoms with E-state index in [1.807, 2.05) is 12.1 Å². The molecule has 0 atom stereocenters. The normalized spacial score (nSPS) is 21.4. The molecule has 3 rings (SSSR count). The summed E-state index contributed by atoms with van der Waals surface area (Å²) in [6.45, 7) is 1.14. The van der Waals surface area contributed by atoms with Crippen LogP contribution in [0.15, 0.2) is 24.3 Å². The Morgan fingerprint density at radius 1 is 1.10 bits per heavy atom. The van der Waals surface area contributed by atoms with Crippen LogP contribution >= 0.6 is 0 Å². The Kier molecular flexibility index (Phi) is 3.22. The number of nitrogens with one attached hydrogen (secondary N) is 1. The van der Waals surface area contributed by atoms with Crippen LogP contribution in [0.2, 0.25) is 0 Å². The van der Waals surface area contributed by atoms with Gasteiger partial charge in [-0.3, -0.25) is 14.9 Å². The van der Waals surface area contributed by atoms with Crippen LogP contribution in [0.25, 0.3) is 0 Å². The van der Waals surface area contributed by atoms with E-state index in [2.05, 4.69) is 17.4 Å². The molecular weight excluding hydrogens is 254 g/mol. The average Bonchev–Trinajstić information content (AvgIpc) is 2.38. The van der Waals surface area contributed by atoms with Crippen LogP contribution < -0.4 is 16.0 Å². The summed E-state index contributed by atoms with van der Waals surface area (Å²) in [6.07, 6.45) is 3.53. The van der Waals surface area contributed by atoms with Crippen molar-refractivity contribution in [3.63, 3.8) is 0 Å². The Balaban J connectivity index is 1.79. The third-order valence-corrected chi connectivity index (χ3v) is 4.49. The molecule has 1 aliphatic carbocycles. The summed E-state index contributed by atoms with van der Waals surface area (Å²) in [5, 5.41) is 2.31. The first-order valence-corrected chi connectivity index (χ1v) is 7.01. The van der Waals surface area contributed by atoms with Crippen LogP contribution in [0.3, 0.4) is 0 Å². The molecule has 1 aliphatic heterocycles. The molecule has 5 nitrogen and oxygen atoms in total. The van der Waals surface area contributed by atoms with E-state index in [0.717, 1.165) is 18.5 Å². The van der Waals surface area contributed by atoms with Gasteiger partial charge in [0, 0.05) is 17.6 Å². The quantitative estimate of drug-likeness (QED) is 0.788. The van der Waals surface area contributed by atoms with E-state index < -0.39 is 0 Å². The van der Waals surface area contributed by atoms with Gasteiger partial charge in [-0.2, -0.15) is 0 Å². The number of imide groups is 1. The van der Waals surface area contributed by atoms with Gasteiger partial charge in [0.15, 0.2) is 0 Å². The number of piperazine rings is 1. The van der Waals surface area contributed by atoms with Gasteiger partial charge in [-0.05, 0) is 30.5 Å². The fourth-order valence-corrected chi connectivity index (χ4v) is 3.06. The summed E-state index contributed by atoms with van der Waals surface area (Å²) in [5.74, 6) is -0.495. The Morgan fingerprint density at radius 2 is 1.70 bits per heavy atom. The van der Waals surface area contributed by atoms with Gasteiger partial charge in [-0.15, -0.1) is 0 Å². The van der Waals surface area contributed by atoms with Crippen molar-refractivity contribution in [3.8, 4) is 0 Å². The SMILES string of the molecule is NCC1(c2ccc(N3CC(=O)NC(=O)C3)cc2)CCC1. The lowest BCUT2D eigenvalue weighted by atomic mass is 9.64. The summed E-state index contributed by atoms with van der Waals surface area (Å²) in [5.41, 5.74) is 8.23. The maximum atomic E-state index is 11.4. The molecule has 1 heterocycles. The molecule has 0 spiro atoms.